The number of carbonyl (C=O) groups excluding carboxylic acids is 1. The van der Waals surface area contributed by atoms with Gasteiger partial charge in [0.2, 0.25) is 5.89 Å². The number of hydrogen-bond acceptors (Lipinski definition) is 4. The van der Waals surface area contributed by atoms with Crippen LogP contribution < -0.4 is 0 Å². The summed E-state index contributed by atoms with van der Waals surface area (Å²) in [5.41, 5.74) is 1.58. The van der Waals surface area contributed by atoms with E-state index in [1.165, 1.54) is 0 Å². The minimum atomic E-state index is -0.0533. The van der Waals surface area contributed by atoms with Crippen LogP contribution in [0.3, 0.4) is 0 Å². The average Bonchev–Trinajstić information content (AvgIpc) is 2.70. The second-order valence-electron chi connectivity index (χ2n) is 3.15. The molecule has 0 saturated heterocycles. The summed E-state index contributed by atoms with van der Waals surface area (Å²) in [5, 5.41) is 8.79. The monoisotopic (exact) mass is 278 g/mol. The van der Waals surface area contributed by atoms with Crippen molar-refractivity contribution >= 4 is 32.8 Å². The van der Waals surface area contributed by atoms with Crippen molar-refractivity contribution in [1.82, 2.24) is 4.98 Å². The van der Waals surface area contributed by atoms with E-state index in [-0.39, 0.29) is 17.5 Å². The highest BCUT2D eigenvalue weighted by Crippen LogP contribution is 2.20. The summed E-state index contributed by atoms with van der Waals surface area (Å²) in [4.78, 5) is 15.7. The van der Waals surface area contributed by atoms with Gasteiger partial charge in [0.05, 0.1) is 11.4 Å². The highest BCUT2D eigenvalue weighted by molar-refractivity contribution is 9.09. The topological polar surface area (TPSA) is 66.9 Å². The number of nitriles is 1. The first-order chi connectivity index (χ1) is 7.76. The zero-order chi connectivity index (χ0) is 11.5. The summed E-state index contributed by atoms with van der Waals surface area (Å²) < 4.78 is 5.34. The fourth-order valence-corrected chi connectivity index (χ4v) is 1.74. The number of ketones is 1. The molecule has 0 radical (unpaired) electrons. The maximum Gasteiger partial charge on any atom is 0.209 e. The molecule has 0 spiro atoms. The zero-order valence-electron chi connectivity index (χ0n) is 8.24. The number of aromatic nitrogens is 1. The van der Waals surface area contributed by atoms with Gasteiger partial charge >= 0.3 is 0 Å². The fourth-order valence-electron chi connectivity index (χ4n) is 1.43. The molecule has 0 atom stereocenters. The molecule has 0 amide bonds. The first-order valence-electron chi connectivity index (χ1n) is 4.61. The number of Topliss-reactive ketones (excluding diaryl/α,β-unsaturated/α-hetero) is 1. The van der Waals surface area contributed by atoms with Gasteiger partial charge < -0.3 is 4.42 Å². The van der Waals surface area contributed by atoms with Gasteiger partial charge in [-0.25, -0.2) is 4.98 Å². The fraction of sp³-hybridized carbons (Fsp3) is 0.182. The molecule has 0 saturated carbocycles. The number of rotatable bonds is 3. The molecule has 5 heteroatoms. The van der Waals surface area contributed by atoms with Crippen LogP contribution in [0.15, 0.2) is 22.6 Å². The lowest BCUT2D eigenvalue weighted by Crippen LogP contribution is -2.00. The SMILES string of the molecule is N#CCc1nc2c(C(=O)CBr)cccc2o1. The summed E-state index contributed by atoms with van der Waals surface area (Å²) in [6.07, 6.45) is 0.108. The molecule has 0 aliphatic carbocycles. The van der Waals surface area contributed by atoms with Crippen molar-refractivity contribution in [2.75, 3.05) is 5.33 Å². The Morgan fingerprint density at radius 2 is 2.38 bits per heavy atom. The van der Waals surface area contributed by atoms with E-state index in [4.69, 9.17) is 9.68 Å². The molecule has 0 N–H and O–H groups in total. The van der Waals surface area contributed by atoms with Crippen molar-refractivity contribution < 1.29 is 9.21 Å². The van der Waals surface area contributed by atoms with Crippen LogP contribution in [0, 0.1) is 11.3 Å². The molecule has 0 bridgehead atoms. The van der Waals surface area contributed by atoms with Gasteiger partial charge in [-0.15, -0.1) is 0 Å². The summed E-state index contributed by atoms with van der Waals surface area (Å²) in [5.74, 6) is 0.287. The predicted molar refractivity (Wildman–Crippen MR) is 61.5 cm³/mol. The number of oxazole rings is 1. The van der Waals surface area contributed by atoms with Crippen molar-refractivity contribution in [1.29, 1.82) is 5.26 Å². The van der Waals surface area contributed by atoms with Crippen molar-refractivity contribution in [2.24, 2.45) is 0 Å². The van der Waals surface area contributed by atoms with E-state index in [0.29, 0.717) is 22.6 Å². The van der Waals surface area contributed by atoms with Crippen LogP contribution in [0.5, 0.6) is 0 Å². The Bertz CT molecular complexity index is 583. The quantitative estimate of drug-likeness (QED) is 0.639. The second kappa shape index (κ2) is 4.45. The van der Waals surface area contributed by atoms with E-state index >= 15 is 0 Å². The molecule has 2 aromatic rings. The zero-order valence-corrected chi connectivity index (χ0v) is 9.82. The smallest absolute Gasteiger partial charge is 0.209 e. The normalized spacial score (nSPS) is 10.2. The summed E-state index contributed by atoms with van der Waals surface area (Å²) >= 11 is 3.11. The third kappa shape index (κ3) is 1.84. The molecule has 1 aromatic heterocycles. The Morgan fingerprint density at radius 3 is 3.06 bits per heavy atom. The Hall–Kier alpha value is -1.67. The largest absolute Gasteiger partial charge is 0.440 e. The Kier molecular flexibility index (Phi) is 3.02. The van der Waals surface area contributed by atoms with Crippen LogP contribution in [-0.2, 0) is 6.42 Å². The number of fused-ring (bicyclic) bond motifs is 1. The number of para-hydroxylation sites is 1. The van der Waals surface area contributed by atoms with Crippen molar-refractivity contribution in [3.8, 4) is 6.07 Å². The van der Waals surface area contributed by atoms with E-state index in [2.05, 4.69) is 20.9 Å². The summed E-state index contributed by atoms with van der Waals surface area (Å²) in [7, 11) is 0. The predicted octanol–water partition coefficient (Wildman–Crippen LogP) is 2.47. The Morgan fingerprint density at radius 1 is 1.56 bits per heavy atom. The first kappa shape index (κ1) is 10.8. The summed E-state index contributed by atoms with van der Waals surface area (Å²) in [6.45, 7) is 0. The lowest BCUT2D eigenvalue weighted by molar-refractivity contribution is 0.102. The number of carbonyl (C=O) groups is 1. The Labute approximate surface area is 100 Å². The molecule has 0 fully saturated rings. The molecule has 0 unspecified atom stereocenters. The van der Waals surface area contributed by atoms with E-state index < -0.39 is 0 Å². The van der Waals surface area contributed by atoms with E-state index in [0.717, 1.165) is 0 Å². The van der Waals surface area contributed by atoms with E-state index in [9.17, 15) is 4.79 Å². The van der Waals surface area contributed by atoms with Gasteiger partial charge in [0.25, 0.3) is 0 Å². The third-order valence-corrected chi connectivity index (χ3v) is 2.62. The second-order valence-corrected chi connectivity index (χ2v) is 3.71. The van der Waals surface area contributed by atoms with E-state index in [1.807, 2.05) is 6.07 Å². The lowest BCUT2D eigenvalue weighted by atomic mass is 10.1. The van der Waals surface area contributed by atoms with Crippen LogP contribution >= 0.6 is 15.9 Å². The van der Waals surface area contributed by atoms with Crippen LogP contribution in [-0.4, -0.2) is 16.1 Å². The highest BCUT2D eigenvalue weighted by Gasteiger charge is 2.13. The number of nitrogens with zero attached hydrogens (tertiary/aromatic N) is 2. The number of alkyl halides is 1. The van der Waals surface area contributed by atoms with Crippen molar-refractivity contribution in [2.45, 2.75) is 6.42 Å². The molecule has 2 rings (SSSR count). The van der Waals surface area contributed by atoms with Crippen molar-refractivity contribution in [3.63, 3.8) is 0 Å². The minimum absolute atomic E-state index is 0.0533. The number of hydrogen-bond donors (Lipinski definition) is 0. The third-order valence-electron chi connectivity index (χ3n) is 2.12. The standard InChI is InChI=1S/C11H7BrN2O2/c12-6-8(15)7-2-1-3-9-11(7)14-10(16-9)4-5-13/h1-3H,4,6H2. The van der Waals surface area contributed by atoms with Crippen LogP contribution in [0.1, 0.15) is 16.2 Å². The lowest BCUT2D eigenvalue weighted by Gasteiger charge is -1.95. The molecule has 16 heavy (non-hydrogen) atoms. The van der Waals surface area contributed by atoms with Gasteiger partial charge in [0.1, 0.15) is 11.9 Å². The molecule has 4 nitrogen and oxygen atoms in total. The van der Waals surface area contributed by atoms with Crippen LogP contribution in [0.25, 0.3) is 11.1 Å². The maximum atomic E-state index is 11.6. The number of halogens is 1. The minimum Gasteiger partial charge on any atom is -0.440 e. The molecule has 1 aromatic carbocycles. The van der Waals surface area contributed by atoms with Crippen molar-refractivity contribution in [3.05, 3.63) is 29.7 Å². The van der Waals surface area contributed by atoms with Gasteiger partial charge in [-0.1, -0.05) is 22.0 Å². The molecule has 1 heterocycles. The van der Waals surface area contributed by atoms with Gasteiger partial charge in [0.15, 0.2) is 11.4 Å². The number of benzene rings is 1. The molecular formula is C11H7BrN2O2. The van der Waals surface area contributed by atoms with Gasteiger partial charge in [0, 0.05) is 5.56 Å². The first-order valence-corrected chi connectivity index (χ1v) is 5.73. The van der Waals surface area contributed by atoms with Crippen LogP contribution in [0.4, 0.5) is 0 Å². The Balaban J connectivity index is 2.59. The average molecular weight is 279 g/mol. The van der Waals surface area contributed by atoms with E-state index in [1.54, 1.807) is 18.2 Å². The molecule has 80 valence electrons. The maximum absolute atomic E-state index is 11.6. The molecule has 0 aliphatic rings. The molecular weight excluding hydrogens is 272 g/mol. The van der Waals surface area contributed by atoms with Gasteiger partial charge in [-0.3, -0.25) is 4.79 Å². The van der Waals surface area contributed by atoms with Gasteiger partial charge in [-0.05, 0) is 12.1 Å². The molecule has 0 aliphatic heterocycles. The van der Waals surface area contributed by atoms with Crippen LogP contribution in [0.2, 0.25) is 0 Å². The summed E-state index contributed by atoms with van der Waals surface area (Å²) in [6, 6.07) is 7.12. The highest BCUT2D eigenvalue weighted by atomic mass is 79.9. The van der Waals surface area contributed by atoms with Gasteiger partial charge in [-0.2, -0.15) is 5.26 Å².